The molecule has 3 aromatic rings. The minimum Gasteiger partial charge on any atom is -0.508 e. The molecule has 4 unspecified atom stereocenters. The van der Waals surface area contributed by atoms with E-state index in [1.165, 1.54) is 30.3 Å². The van der Waals surface area contributed by atoms with Crippen molar-refractivity contribution in [2.24, 2.45) is 11.8 Å². The van der Waals surface area contributed by atoms with Gasteiger partial charge in [0.05, 0.1) is 22.4 Å². The quantitative estimate of drug-likeness (QED) is 0.226. The summed E-state index contributed by atoms with van der Waals surface area (Å²) < 4.78 is 0.597. The highest BCUT2D eigenvalue weighted by Crippen LogP contribution is 2.52. The normalized spacial score (nSPS) is 24.5. The van der Waals surface area contributed by atoms with E-state index in [2.05, 4.69) is 21.2 Å². The van der Waals surface area contributed by atoms with E-state index in [0.717, 1.165) is 4.90 Å². The van der Waals surface area contributed by atoms with Crippen LogP contribution in [0.1, 0.15) is 22.7 Å². The molecule has 2 heterocycles. The first-order valence-electron chi connectivity index (χ1n) is 11.7. The third kappa shape index (κ3) is 3.95. The summed E-state index contributed by atoms with van der Waals surface area (Å²) in [6.07, 6.45) is -0.229. The van der Waals surface area contributed by atoms with Crippen LogP contribution in [0.25, 0.3) is 0 Å². The number of nitro benzene ring substituents is 1. The Morgan fingerprint density at radius 3 is 2.42 bits per heavy atom. The molecule has 38 heavy (non-hydrogen) atoms. The molecule has 0 spiro atoms. The van der Waals surface area contributed by atoms with Gasteiger partial charge in [-0.15, -0.1) is 0 Å². The minimum absolute atomic E-state index is 0.157. The SMILES string of the molecule is Cc1ccccc1N1C(=O)C2C(c3cc(Br)ccc3O)NC(Cc3ccc([N+](=O)[O-])cc3)(C(=O)O)C2C1=O. The molecule has 2 saturated heterocycles. The molecular weight excluding hydrogens is 558 g/mol. The molecule has 5 rings (SSSR count). The number of rotatable bonds is 6. The number of benzene rings is 3. The molecule has 0 bridgehead atoms. The highest BCUT2D eigenvalue weighted by Gasteiger charge is 2.69. The summed E-state index contributed by atoms with van der Waals surface area (Å²) in [7, 11) is 0. The Morgan fingerprint density at radius 2 is 1.79 bits per heavy atom. The van der Waals surface area contributed by atoms with Gasteiger partial charge in [0.25, 0.3) is 5.69 Å². The van der Waals surface area contributed by atoms with Gasteiger partial charge in [-0.2, -0.15) is 0 Å². The zero-order valence-corrected chi connectivity index (χ0v) is 21.6. The monoisotopic (exact) mass is 579 g/mol. The summed E-state index contributed by atoms with van der Waals surface area (Å²) in [5, 5.41) is 35.4. The summed E-state index contributed by atoms with van der Waals surface area (Å²) in [6, 6.07) is 15.8. The lowest BCUT2D eigenvalue weighted by Crippen LogP contribution is -2.57. The third-order valence-electron chi connectivity index (χ3n) is 7.35. The van der Waals surface area contributed by atoms with Crippen molar-refractivity contribution in [2.75, 3.05) is 4.90 Å². The van der Waals surface area contributed by atoms with E-state index in [9.17, 15) is 34.7 Å². The average molecular weight is 580 g/mol. The van der Waals surface area contributed by atoms with Gasteiger partial charge in [-0.05, 0) is 42.3 Å². The number of nitro groups is 1. The summed E-state index contributed by atoms with van der Waals surface area (Å²) in [4.78, 5) is 52.5. The van der Waals surface area contributed by atoms with E-state index < -0.39 is 46.1 Å². The van der Waals surface area contributed by atoms with Gasteiger partial charge in [0.15, 0.2) is 0 Å². The van der Waals surface area contributed by atoms with Crippen molar-refractivity contribution in [2.45, 2.75) is 24.9 Å². The summed E-state index contributed by atoms with van der Waals surface area (Å²) in [5.74, 6) is -5.19. The Labute approximate surface area is 225 Å². The number of amides is 2. The van der Waals surface area contributed by atoms with E-state index in [0.29, 0.717) is 21.3 Å². The number of fused-ring (bicyclic) bond motifs is 1. The standard InChI is InChI=1S/C27H22BrN3O7/c1-14-4-2-3-5-19(14)30-24(33)21-22(25(30)34)27(26(35)36,13-15-6-9-17(10-7-15)31(37)38)29-23(21)18-12-16(28)8-11-20(18)32/h2-12,21-23,29,32H,13H2,1H3,(H,35,36). The maximum atomic E-state index is 14.0. The molecule has 0 saturated carbocycles. The number of halogens is 1. The molecule has 0 aliphatic carbocycles. The van der Waals surface area contributed by atoms with Crippen LogP contribution in [0.15, 0.2) is 71.2 Å². The van der Waals surface area contributed by atoms with Gasteiger partial charge < -0.3 is 10.2 Å². The second-order valence-electron chi connectivity index (χ2n) is 9.50. The Hall–Kier alpha value is -4.09. The van der Waals surface area contributed by atoms with Crippen LogP contribution < -0.4 is 10.2 Å². The van der Waals surface area contributed by atoms with Gasteiger partial charge >= 0.3 is 5.97 Å². The van der Waals surface area contributed by atoms with Crippen LogP contribution >= 0.6 is 15.9 Å². The van der Waals surface area contributed by atoms with Crippen LogP contribution in [-0.2, 0) is 20.8 Å². The predicted octanol–water partition coefficient (Wildman–Crippen LogP) is 3.89. The lowest BCUT2D eigenvalue weighted by atomic mass is 9.76. The van der Waals surface area contributed by atoms with E-state index in [1.54, 1.807) is 43.3 Å². The average Bonchev–Trinajstić information content (AvgIpc) is 3.35. The molecule has 0 aromatic heterocycles. The highest BCUT2D eigenvalue weighted by atomic mass is 79.9. The number of imide groups is 1. The lowest BCUT2D eigenvalue weighted by molar-refractivity contribution is -0.384. The molecule has 3 N–H and O–H groups in total. The summed E-state index contributed by atoms with van der Waals surface area (Å²) >= 11 is 3.36. The molecule has 194 valence electrons. The van der Waals surface area contributed by atoms with Gasteiger partial charge in [0.1, 0.15) is 11.3 Å². The number of aryl methyl sites for hydroxylation is 1. The number of carbonyl (C=O) groups is 3. The minimum atomic E-state index is -1.94. The van der Waals surface area contributed by atoms with Crippen molar-refractivity contribution < 1.29 is 29.5 Å². The van der Waals surface area contributed by atoms with Gasteiger partial charge in [-0.3, -0.25) is 29.8 Å². The van der Waals surface area contributed by atoms with Crippen molar-refractivity contribution in [1.82, 2.24) is 5.32 Å². The number of aromatic hydroxyl groups is 1. The van der Waals surface area contributed by atoms with Crippen LogP contribution in [0.3, 0.4) is 0 Å². The van der Waals surface area contributed by atoms with Crippen LogP contribution in [0.2, 0.25) is 0 Å². The topological polar surface area (TPSA) is 150 Å². The number of carboxylic acids is 1. The van der Waals surface area contributed by atoms with E-state index >= 15 is 0 Å². The van der Waals surface area contributed by atoms with Crippen molar-refractivity contribution in [3.05, 3.63) is 98.0 Å². The van der Waals surface area contributed by atoms with Crippen molar-refractivity contribution >= 4 is 45.1 Å². The molecule has 11 heteroatoms. The Kier molecular flexibility index (Phi) is 6.28. The number of nitrogens with one attached hydrogen (secondary N) is 1. The molecule has 2 aliphatic heterocycles. The molecule has 2 fully saturated rings. The Balaban J connectivity index is 1.67. The molecule has 2 aliphatic rings. The number of para-hydroxylation sites is 1. The largest absolute Gasteiger partial charge is 0.508 e. The van der Waals surface area contributed by atoms with Crippen LogP contribution in [0.5, 0.6) is 5.75 Å². The van der Waals surface area contributed by atoms with Gasteiger partial charge in [-0.25, -0.2) is 4.90 Å². The number of carboxylic acid groups (broad SMARTS) is 1. The third-order valence-corrected chi connectivity index (χ3v) is 7.84. The molecule has 0 radical (unpaired) electrons. The van der Waals surface area contributed by atoms with E-state index in [-0.39, 0.29) is 23.4 Å². The number of hydrogen-bond donors (Lipinski definition) is 3. The van der Waals surface area contributed by atoms with E-state index in [1.807, 2.05) is 0 Å². The van der Waals surface area contributed by atoms with Gasteiger partial charge in [-0.1, -0.05) is 46.3 Å². The van der Waals surface area contributed by atoms with Crippen LogP contribution in [0, 0.1) is 28.9 Å². The fourth-order valence-corrected chi connectivity index (χ4v) is 5.97. The molecular formula is C27H22BrN3O7. The van der Waals surface area contributed by atoms with Crippen molar-refractivity contribution in [1.29, 1.82) is 0 Å². The fourth-order valence-electron chi connectivity index (χ4n) is 5.59. The number of aliphatic carboxylic acids is 1. The van der Waals surface area contributed by atoms with Crippen LogP contribution in [0.4, 0.5) is 11.4 Å². The van der Waals surface area contributed by atoms with Crippen LogP contribution in [-0.4, -0.2) is 38.5 Å². The van der Waals surface area contributed by atoms with Gasteiger partial charge in [0, 0.05) is 34.6 Å². The first-order chi connectivity index (χ1) is 18.0. The molecule has 10 nitrogen and oxygen atoms in total. The number of hydrogen-bond acceptors (Lipinski definition) is 7. The number of phenolic OH excluding ortho intramolecular Hbond substituents is 1. The Bertz CT molecular complexity index is 1490. The van der Waals surface area contributed by atoms with Crippen molar-refractivity contribution in [3.8, 4) is 5.75 Å². The van der Waals surface area contributed by atoms with E-state index in [4.69, 9.17) is 0 Å². The maximum absolute atomic E-state index is 14.0. The fraction of sp³-hybridized carbons (Fsp3) is 0.222. The van der Waals surface area contributed by atoms with Crippen molar-refractivity contribution in [3.63, 3.8) is 0 Å². The smallest absolute Gasteiger partial charge is 0.325 e. The Morgan fingerprint density at radius 1 is 1.11 bits per heavy atom. The highest BCUT2D eigenvalue weighted by molar-refractivity contribution is 9.10. The van der Waals surface area contributed by atoms with Gasteiger partial charge in [0.2, 0.25) is 11.8 Å². The zero-order valence-electron chi connectivity index (χ0n) is 20.0. The molecule has 3 aromatic carbocycles. The second-order valence-corrected chi connectivity index (χ2v) is 10.4. The lowest BCUT2D eigenvalue weighted by Gasteiger charge is -2.31. The summed E-state index contributed by atoms with van der Waals surface area (Å²) in [6.45, 7) is 1.75. The predicted molar refractivity (Wildman–Crippen MR) is 140 cm³/mol. The molecule has 2 amide bonds. The second kappa shape index (κ2) is 9.34. The molecule has 4 atom stereocenters. The first kappa shape index (κ1) is 25.6. The zero-order chi connectivity index (χ0) is 27.4. The number of anilines is 1. The number of nitrogens with zero attached hydrogens (tertiary/aromatic N) is 2. The number of carbonyl (C=O) groups excluding carboxylic acids is 2. The number of non-ortho nitro benzene ring substituents is 1. The summed E-state index contributed by atoms with van der Waals surface area (Å²) in [5.41, 5.74) is -0.370. The number of phenols is 1. The first-order valence-corrected chi connectivity index (χ1v) is 12.5. The maximum Gasteiger partial charge on any atom is 0.325 e.